The van der Waals surface area contributed by atoms with E-state index >= 15 is 0 Å². The van der Waals surface area contributed by atoms with E-state index in [9.17, 15) is 4.79 Å². The predicted octanol–water partition coefficient (Wildman–Crippen LogP) is 3.91. The normalized spacial score (nSPS) is 13.6. The molecule has 2 heterocycles. The number of anilines is 1. The van der Waals surface area contributed by atoms with E-state index in [0.29, 0.717) is 12.1 Å². The first-order chi connectivity index (χ1) is 13.7. The Morgan fingerprint density at radius 2 is 1.89 bits per heavy atom. The van der Waals surface area contributed by atoms with Crippen molar-refractivity contribution in [2.24, 2.45) is 0 Å². The van der Waals surface area contributed by atoms with Gasteiger partial charge in [0.25, 0.3) is 0 Å². The number of carboxylic acid groups (broad SMARTS) is 1. The van der Waals surface area contributed by atoms with Gasteiger partial charge in [-0.05, 0) is 48.2 Å². The summed E-state index contributed by atoms with van der Waals surface area (Å²) in [4.78, 5) is 11.1. The highest BCUT2D eigenvalue weighted by molar-refractivity contribution is 5.87. The molecule has 1 aliphatic heterocycles. The van der Waals surface area contributed by atoms with Gasteiger partial charge < -0.3 is 15.0 Å². The lowest BCUT2D eigenvalue weighted by Gasteiger charge is -2.09. The number of aromatic carboxylic acids is 1. The van der Waals surface area contributed by atoms with Crippen molar-refractivity contribution in [2.75, 3.05) is 5.32 Å². The van der Waals surface area contributed by atoms with Gasteiger partial charge in [-0.15, -0.1) is 10.2 Å². The summed E-state index contributed by atoms with van der Waals surface area (Å²) < 4.78 is 2.29. The first-order valence-electron chi connectivity index (χ1n) is 9.75. The van der Waals surface area contributed by atoms with Gasteiger partial charge in [-0.25, -0.2) is 4.79 Å². The van der Waals surface area contributed by atoms with Crippen LogP contribution in [-0.4, -0.2) is 25.8 Å². The summed E-state index contributed by atoms with van der Waals surface area (Å²) in [5.74, 6) is 1.26. The van der Waals surface area contributed by atoms with Crippen LogP contribution in [0.15, 0.2) is 48.5 Å². The fraction of sp³-hybridized carbons (Fsp3) is 0.318. The van der Waals surface area contributed by atoms with Crippen LogP contribution in [-0.2, 0) is 25.9 Å². The Hall–Kier alpha value is -3.15. The molecule has 6 heteroatoms. The van der Waals surface area contributed by atoms with Crippen molar-refractivity contribution in [1.29, 1.82) is 0 Å². The number of rotatable bonds is 6. The van der Waals surface area contributed by atoms with Crippen molar-refractivity contribution in [3.8, 4) is 0 Å². The molecule has 0 bridgehead atoms. The molecule has 6 nitrogen and oxygen atoms in total. The largest absolute Gasteiger partial charge is 0.478 e. The third-order valence-electron chi connectivity index (χ3n) is 5.17. The van der Waals surface area contributed by atoms with Crippen molar-refractivity contribution in [1.82, 2.24) is 14.8 Å². The number of benzene rings is 2. The highest BCUT2D eigenvalue weighted by Gasteiger charge is 2.14. The standard InChI is InChI=1S/C22H24N4O2/c27-22(28)18-6-4-5-17(13-18)15-23-19-10-8-16(9-11-19)14-21-25-24-20-7-2-1-3-12-26(20)21/h4-6,8-11,13,23H,1-3,7,12,14-15H2,(H,27,28). The molecule has 3 aromatic rings. The number of fused-ring (bicyclic) bond motifs is 1. The van der Waals surface area contributed by atoms with Gasteiger partial charge in [0.2, 0.25) is 0 Å². The zero-order valence-corrected chi connectivity index (χ0v) is 15.8. The Morgan fingerprint density at radius 1 is 1.04 bits per heavy atom. The van der Waals surface area contributed by atoms with Crippen LogP contribution in [0.25, 0.3) is 0 Å². The highest BCUT2D eigenvalue weighted by Crippen LogP contribution is 2.18. The number of hydrogen-bond donors (Lipinski definition) is 2. The maximum Gasteiger partial charge on any atom is 0.335 e. The maximum atomic E-state index is 11.1. The molecule has 0 aliphatic carbocycles. The smallest absolute Gasteiger partial charge is 0.335 e. The number of nitrogens with zero attached hydrogens (tertiary/aromatic N) is 3. The first kappa shape index (κ1) is 18.2. The summed E-state index contributed by atoms with van der Waals surface area (Å²) in [7, 11) is 0. The number of nitrogens with one attached hydrogen (secondary N) is 1. The van der Waals surface area contributed by atoms with E-state index in [1.165, 1.54) is 24.8 Å². The zero-order chi connectivity index (χ0) is 19.3. The highest BCUT2D eigenvalue weighted by atomic mass is 16.4. The van der Waals surface area contributed by atoms with Gasteiger partial charge in [0.1, 0.15) is 11.6 Å². The Labute approximate surface area is 164 Å². The molecule has 0 saturated heterocycles. The maximum absolute atomic E-state index is 11.1. The number of aromatic nitrogens is 3. The van der Waals surface area contributed by atoms with Crippen LogP contribution in [0, 0.1) is 0 Å². The number of carbonyl (C=O) groups is 1. The van der Waals surface area contributed by atoms with Crippen molar-refractivity contribution in [3.63, 3.8) is 0 Å². The van der Waals surface area contributed by atoms with E-state index in [0.717, 1.165) is 42.3 Å². The van der Waals surface area contributed by atoms with Crippen LogP contribution in [0.2, 0.25) is 0 Å². The van der Waals surface area contributed by atoms with Crippen molar-refractivity contribution in [2.45, 2.75) is 45.2 Å². The molecule has 0 radical (unpaired) electrons. The molecule has 0 saturated carbocycles. The average molecular weight is 376 g/mol. The van der Waals surface area contributed by atoms with Crippen LogP contribution in [0.4, 0.5) is 5.69 Å². The van der Waals surface area contributed by atoms with E-state index in [1.807, 2.05) is 6.07 Å². The molecule has 1 aliphatic rings. The van der Waals surface area contributed by atoms with E-state index < -0.39 is 5.97 Å². The van der Waals surface area contributed by atoms with E-state index in [1.54, 1.807) is 18.2 Å². The molecule has 0 fully saturated rings. The van der Waals surface area contributed by atoms with Crippen LogP contribution in [0.5, 0.6) is 0 Å². The summed E-state index contributed by atoms with van der Waals surface area (Å²) in [6.07, 6.45) is 5.48. The molecule has 0 atom stereocenters. The monoisotopic (exact) mass is 376 g/mol. The fourth-order valence-electron chi connectivity index (χ4n) is 3.62. The minimum Gasteiger partial charge on any atom is -0.478 e. The number of carboxylic acids is 1. The SMILES string of the molecule is O=C(O)c1cccc(CNc2ccc(Cc3nnc4n3CCCCC4)cc2)c1. The van der Waals surface area contributed by atoms with Gasteiger partial charge in [-0.1, -0.05) is 30.7 Å². The summed E-state index contributed by atoms with van der Waals surface area (Å²) >= 11 is 0. The van der Waals surface area contributed by atoms with Crippen molar-refractivity contribution in [3.05, 3.63) is 76.9 Å². The molecule has 0 spiro atoms. The molecular weight excluding hydrogens is 352 g/mol. The lowest BCUT2D eigenvalue weighted by atomic mass is 10.1. The summed E-state index contributed by atoms with van der Waals surface area (Å²) in [6, 6.07) is 15.3. The number of hydrogen-bond acceptors (Lipinski definition) is 4. The third kappa shape index (κ3) is 4.22. The minimum atomic E-state index is -0.905. The zero-order valence-electron chi connectivity index (χ0n) is 15.8. The van der Waals surface area contributed by atoms with E-state index in [2.05, 4.69) is 44.3 Å². The van der Waals surface area contributed by atoms with Gasteiger partial charge in [0.05, 0.1) is 5.56 Å². The third-order valence-corrected chi connectivity index (χ3v) is 5.17. The summed E-state index contributed by atoms with van der Waals surface area (Å²) in [5.41, 5.74) is 3.46. The second-order valence-corrected chi connectivity index (χ2v) is 7.23. The molecule has 2 N–H and O–H groups in total. The lowest BCUT2D eigenvalue weighted by Crippen LogP contribution is -2.06. The number of aryl methyl sites for hydroxylation is 1. The molecule has 1 aromatic heterocycles. The quantitative estimate of drug-likeness (QED) is 0.682. The Morgan fingerprint density at radius 3 is 2.71 bits per heavy atom. The van der Waals surface area contributed by atoms with Crippen LogP contribution in [0.1, 0.15) is 52.4 Å². The van der Waals surface area contributed by atoms with Gasteiger partial charge in [-0.3, -0.25) is 0 Å². The Bertz CT molecular complexity index is 963. The molecule has 2 aromatic carbocycles. The molecule has 28 heavy (non-hydrogen) atoms. The second-order valence-electron chi connectivity index (χ2n) is 7.23. The topological polar surface area (TPSA) is 80.0 Å². The average Bonchev–Trinajstić information content (AvgIpc) is 2.94. The summed E-state index contributed by atoms with van der Waals surface area (Å²) in [6.45, 7) is 1.60. The first-order valence-corrected chi connectivity index (χ1v) is 9.75. The van der Waals surface area contributed by atoms with Crippen molar-refractivity contribution < 1.29 is 9.90 Å². The minimum absolute atomic E-state index is 0.307. The van der Waals surface area contributed by atoms with Crippen LogP contribution in [0.3, 0.4) is 0 Å². The van der Waals surface area contributed by atoms with Crippen LogP contribution >= 0.6 is 0 Å². The van der Waals surface area contributed by atoms with Gasteiger partial charge in [-0.2, -0.15) is 0 Å². The Kier molecular flexibility index (Phi) is 5.37. The fourth-order valence-corrected chi connectivity index (χ4v) is 3.62. The predicted molar refractivity (Wildman–Crippen MR) is 108 cm³/mol. The molecule has 0 amide bonds. The molecular formula is C22H24N4O2. The second kappa shape index (κ2) is 8.25. The van der Waals surface area contributed by atoms with Crippen molar-refractivity contribution >= 4 is 11.7 Å². The van der Waals surface area contributed by atoms with E-state index in [4.69, 9.17) is 5.11 Å². The van der Waals surface area contributed by atoms with Gasteiger partial charge >= 0.3 is 5.97 Å². The van der Waals surface area contributed by atoms with E-state index in [-0.39, 0.29) is 0 Å². The van der Waals surface area contributed by atoms with Gasteiger partial charge in [0, 0.05) is 31.6 Å². The molecule has 0 unspecified atom stereocenters. The molecule has 144 valence electrons. The lowest BCUT2D eigenvalue weighted by molar-refractivity contribution is 0.0696. The molecule has 4 rings (SSSR count). The summed E-state index contributed by atoms with van der Waals surface area (Å²) in [5, 5.41) is 21.2. The van der Waals surface area contributed by atoms with Crippen LogP contribution < -0.4 is 5.32 Å². The Balaban J connectivity index is 1.39. The van der Waals surface area contributed by atoms with Gasteiger partial charge in [0.15, 0.2) is 0 Å².